The summed E-state index contributed by atoms with van der Waals surface area (Å²) >= 11 is 6.19. The molecule has 0 fully saturated rings. The smallest absolute Gasteiger partial charge is 0.132 e. The molecule has 2 aromatic carbocycles. The molecule has 1 aromatic heterocycles. The lowest BCUT2D eigenvalue weighted by molar-refractivity contribution is 0.194. The van der Waals surface area contributed by atoms with Gasteiger partial charge in [-0.3, -0.25) is 5.10 Å². The van der Waals surface area contributed by atoms with Crippen LogP contribution in [0.25, 0.3) is 10.9 Å². The summed E-state index contributed by atoms with van der Waals surface area (Å²) < 4.78 is 6.29. The van der Waals surface area contributed by atoms with Gasteiger partial charge >= 0.3 is 0 Å². The predicted octanol–water partition coefficient (Wildman–Crippen LogP) is 3.31. The van der Waals surface area contributed by atoms with Crippen LogP contribution in [0, 0.1) is 0 Å². The van der Waals surface area contributed by atoms with Crippen molar-refractivity contribution < 1.29 is 9.84 Å². The predicted molar refractivity (Wildman–Crippen MR) is 95.5 cm³/mol. The van der Waals surface area contributed by atoms with Gasteiger partial charge < -0.3 is 15.2 Å². The van der Waals surface area contributed by atoms with E-state index < -0.39 is 0 Å². The maximum Gasteiger partial charge on any atom is 0.132 e. The quantitative estimate of drug-likeness (QED) is 0.548. The van der Waals surface area contributed by atoms with Crippen LogP contribution in [0.3, 0.4) is 0 Å². The summed E-state index contributed by atoms with van der Waals surface area (Å²) in [4.78, 5) is 0. The Morgan fingerprint density at radius 2 is 2.04 bits per heavy atom. The number of aliphatic hydroxyl groups is 1. The summed E-state index contributed by atoms with van der Waals surface area (Å²) in [5.41, 5.74) is 1.95. The average Bonchev–Trinajstić information content (AvgIpc) is 3.06. The Morgan fingerprint density at radius 3 is 2.83 bits per heavy atom. The molecule has 24 heavy (non-hydrogen) atoms. The lowest BCUT2D eigenvalue weighted by Crippen LogP contribution is -2.22. The highest BCUT2D eigenvalue weighted by Crippen LogP contribution is 2.33. The van der Waals surface area contributed by atoms with Crippen LogP contribution >= 0.6 is 11.6 Å². The van der Waals surface area contributed by atoms with Gasteiger partial charge in [-0.1, -0.05) is 41.9 Å². The molecule has 3 N–H and O–H groups in total. The standard InChI is InChI=1S/C18H20ClN3O2/c19-14-10-16-15(12-21-22-16)18(11-14)24-17(6-7-20-8-9-23)13-4-2-1-3-5-13/h1-5,10-12,17,20,23H,6-9H2,(H,21,22). The highest BCUT2D eigenvalue weighted by molar-refractivity contribution is 6.31. The molecule has 1 heterocycles. The van der Waals surface area contributed by atoms with E-state index in [1.165, 1.54) is 0 Å². The number of hydrogen-bond acceptors (Lipinski definition) is 4. The average molecular weight is 346 g/mol. The Kier molecular flexibility index (Phi) is 5.69. The van der Waals surface area contributed by atoms with Gasteiger partial charge in [0.2, 0.25) is 0 Å². The Balaban J connectivity index is 1.83. The van der Waals surface area contributed by atoms with E-state index in [4.69, 9.17) is 21.4 Å². The van der Waals surface area contributed by atoms with Gasteiger partial charge in [0.05, 0.1) is 23.7 Å². The molecule has 126 valence electrons. The van der Waals surface area contributed by atoms with Gasteiger partial charge in [0.25, 0.3) is 0 Å². The van der Waals surface area contributed by atoms with Gasteiger partial charge in [-0.15, -0.1) is 0 Å². The second kappa shape index (κ2) is 8.15. The first-order valence-electron chi connectivity index (χ1n) is 7.93. The second-order valence-corrected chi connectivity index (χ2v) is 5.95. The van der Waals surface area contributed by atoms with E-state index in [2.05, 4.69) is 15.5 Å². The maximum absolute atomic E-state index is 8.89. The molecule has 6 heteroatoms. The van der Waals surface area contributed by atoms with Crippen molar-refractivity contribution in [1.29, 1.82) is 0 Å². The zero-order chi connectivity index (χ0) is 16.8. The first-order chi connectivity index (χ1) is 11.8. The van der Waals surface area contributed by atoms with Crippen molar-refractivity contribution in [3.63, 3.8) is 0 Å². The Bertz CT molecular complexity index is 776. The van der Waals surface area contributed by atoms with E-state index in [0.717, 1.165) is 29.4 Å². The zero-order valence-electron chi connectivity index (χ0n) is 13.2. The minimum atomic E-state index is -0.117. The van der Waals surface area contributed by atoms with Crippen LogP contribution in [0.4, 0.5) is 0 Å². The third-order valence-corrected chi connectivity index (χ3v) is 4.02. The fourth-order valence-electron chi connectivity index (χ4n) is 2.63. The highest BCUT2D eigenvalue weighted by Gasteiger charge is 2.16. The largest absolute Gasteiger partial charge is 0.485 e. The Hall–Kier alpha value is -2.08. The lowest BCUT2D eigenvalue weighted by atomic mass is 10.1. The third-order valence-electron chi connectivity index (χ3n) is 3.80. The molecule has 5 nitrogen and oxygen atoms in total. The zero-order valence-corrected chi connectivity index (χ0v) is 14.0. The molecule has 0 radical (unpaired) electrons. The molecule has 3 aromatic rings. The van der Waals surface area contributed by atoms with Crippen molar-refractivity contribution >= 4 is 22.5 Å². The number of halogens is 1. The monoisotopic (exact) mass is 345 g/mol. The summed E-state index contributed by atoms with van der Waals surface area (Å²) in [6, 6.07) is 13.7. The molecule has 0 saturated heterocycles. The first kappa shape index (κ1) is 16.8. The fraction of sp³-hybridized carbons (Fsp3) is 0.278. The van der Waals surface area contributed by atoms with E-state index in [-0.39, 0.29) is 12.7 Å². The summed E-state index contributed by atoms with van der Waals surface area (Å²) in [5, 5.41) is 20.6. The van der Waals surface area contributed by atoms with Crippen molar-refractivity contribution in [3.05, 3.63) is 59.2 Å². The number of aliphatic hydroxyl groups excluding tert-OH is 1. The van der Waals surface area contributed by atoms with Gasteiger partial charge in [-0.2, -0.15) is 5.10 Å². The lowest BCUT2D eigenvalue weighted by Gasteiger charge is -2.20. The first-order valence-corrected chi connectivity index (χ1v) is 8.31. The number of nitrogens with one attached hydrogen (secondary N) is 2. The van der Waals surface area contributed by atoms with E-state index in [1.54, 1.807) is 6.20 Å². The van der Waals surface area contributed by atoms with Gasteiger partial charge in [-0.05, 0) is 24.2 Å². The number of nitrogens with zero attached hydrogens (tertiary/aromatic N) is 1. The summed E-state index contributed by atoms with van der Waals surface area (Å²) in [5.74, 6) is 0.710. The number of benzene rings is 2. The number of hydrogen-bond donors (Lipinski definition) is 3. The summed E-state index contributed by atoms with van der Waals surface area (Å²) in [6.07, 6.45) is 2.40. The SMILES string of the molecule is OCCNCCC(Oc1cc(Cl)cc2[nH]ncc12)c1ccccc1. The highest BCUT2D eigenvalue weighted by atomic mass is 35.5. The van der Waals surface area contributed by atoms with Crippen LogP contribution < -0.4 is 10.1 Å². The van der Waals surface area contributed by atoms with Crippen LogP contribution in [0.5, 0.6) is 5.75 Å². The molecule has 1 unspecified atom stereocenters. The minimum absolute atomic E-state index is 0.117. The van der Waals surface area contributed by atoms with Crippen LogP contribution in [0.1, 0.15) is 18.1 Å². The van der Waals surface area contributed by atoms with Gasteiger partial charge in [0.15, 0.2) is 0 Å². The molecule has 0 saturated carbocycles. The van der Waals surface area contributed by atoms with E-state index in [9.17, 15) is 0 Å². The minimum Gasteiger partial charge on any atom is -0.485 e. The number of aromatic nitrogens is 2. The normalized spacial score (nSPS) is 12.4. The van der Waals surface area contributed by atoms with Gasteiger partial charge in [-0.25, -0.2) is 0 Å². The van der Waals surface area contributed by atoms with E-state index in [1.807, 2.05) is 42.5 Å². The van der Waals surface area contributed by atoms with Crippen molar-refractivity contribution in [1.82, 2.24) is 15.5 Å². The van der Waals surface area contributed by atoms with Crippen molar-refractivity contribution in [2.75, 3.05) is 19.7 Å². The van der Waals surface area contributed by atoms with Crippen LogP contribution in [-0.2, 0) is 0 Å². The number of H-pyrrole nitrogens is 1. The summed E-state index contributed by atoms with van der Waals surface area (Å²) in [6.45, 7) is 1.45. The molecule has 1 atom stereocenters. The van der Waals surface area contributed by atoms with Gasteiger partial charge in [0.1, 0.15) is 11.9 Å². The number of ether oxygens (including phenoxy) is 1. The van der Waals surface area contributed by atoms with Crippen LogP contribution in [-0.4, -0.2) is 35.0 Å². The topological polar surface area (TPSA) is 70.2 Å². The Labute approximate surface area is 145 Å². The van der Waals surface area contributed by atoms with Crippen molar-refractivity contribution in [2.24, 2.45) is 0 Å². The van der Waals surface area contributed by atoms with Crippen molar-refractivity contribution in [3.8, 4) is 5.75 Å². The number of aromatic amines is 1. The summed E-state index contributed by atoms with van der Waals surface area (Å²) in [7, 11) is 0. The number of rotatable bonds is 8. The Morgan fingerprint density at radius 1 is 1.21 bits per heavy atom. The van der Waals surface area contributed by atoms with E-state index >= 15 is 0 Å². The van der Waals surface area contributed by atoms with Crippen LogP contribution in [0.15, 0.2) is 48.7 Å². The fourth-order valence-corrected chi connectivity index (χ4v) is 2.84. The molecule has 0 amide bonds. The molecule has 0 aliphatic carbocycles. The second-order valence-electron chi connectivity index (χ2n) is 5.51. The molecular formula is C18H20ClN3O2. The molecule has 0 aliphatic heterocycles. The maximum atomic E-state index is 8.89. The van der Waals surface area contributed by atoms with Crippen LogP contribution in [0.2, 0.25) is 5.02 Å². The molecule has 3 rings (SSSR count). The molecule has 0 spiro atoms. The van der Waals surface area contributed by atoms with Crippen molar-refractivity contribution in [2.45, 2.75) is 12.5 Å². The third kappa shape index (κ3) is 4.06. The molecule has 0 aliphatic rings. The molecular weight excluding hydrogens is 326 g/mol. The van der Waals surface area contributed by atoms with Gasteiger partial charge in [0, 0.05) is 18.0 Å². The molecule has 0 bridgehead atoms. The number of fused-ring (bicyclic) bond motifs is 1. The van der Waals surface area contributed by atoms with E-state index in [0.29, 0.717) is 17.3 Å².